The Balaban J connectivity index is 1.76. The smallest absolute Gasteiger partial charge is 0.173 e. The monoisotopic (exact) mass is 319 g/mol. The fourth-order valence-electron chi connectivity index (χ4n) is 2.31. The summed E-state index contributed by atoms with van der Waals surface area (Å²) in [5, 5.41) is 29.3. The van der Waals surface area contributed by atoms with Gasteiger partial charge in [-0.3, -0.25) is 4.98 Å². The molecule has 0 saturated carbocycles. The van der Waals surface area contributed by atoms with Crippen molar-refractivity contribution in [1.82, 2.24) is 4.98 Å². The van der Waals surface area contributed by atoms with Gasteiger partial charge in [0, 0.05) is 18.1 Å². The standard InChI is InChI=1S/C16H17NO4S/c18-13-9-22-16(15(20)14(13)19)21-12-3-1-2-11(8-12)10-4-6-17-7-5-10/h1-8,13-16,18-20H,9H2/t13-,14+,15-,16+/m1/s1. The third-order valence-corrected chi connectivity index (χ3v) is 4.79. The number of nitrogens with zero attached hydrogens (tertiary/aromatic N) is 1. The van der Waals surface area contributed by atoms with Gasteiger partial charge in [-0.25, -0.2) is 0 Å². The van der Waals surface area contributed by atoms with E-state index in [2.05, 4.69) is 4.98 Å². The number of thioether (sulfide) groups is 1. The van der Waals surface area contributed by atoms with Crippen LogP contribution >= 0.6 is 11.8 Å². The number of aliphatic hydroxyl groups excluding tert-OH is 3. The van der Waals surface area contributed by atoms with Gasteiger partial charge in [0.15, 0.2) is 5.44 Å². The molecule has 5 nitrogen and oxygen atoms in total. The molecule has 1 saturated heterocycles. The number of ether oxygens (including phenoxy) is 1. The normalized spacial score (nSPS) is 28.3. The van der Waals surface area contributed by atoms with E-state index in [0.29, 0.717) is 11.5 Å². The minimum absolute atomic E-state index is 0.326. The summed E-state index contributed by atoms with van der Waals surface area (Å²) >= 11 is 1.29. The molecule has 3 N–H and O–H groups in total. The summed E-state index contributed by atoms with van der Waals surface area (Å²) in [7, 11) is 0. The van der Waals surface area contributed by atoms with E-state index in [1.165, 1.54) is 11.8 Å². The molecule has 1 aliphatic heterocycles. The van der Waals surface area contributed by atoms with E-state index in [9.17, 15) is 15.3 Å². The Hall–Kier alpha value is -1.60. The molecule has 0 radical (unpaired) electrons. The predicted octanol–water partition coefficient (Wildman–Crippen LogP) is 1.28. The van der Waals surface area contributed by atoms with Crippen molar-refractivity contribution in [3.8, 4) is 16.9 Å². The molecular weight excluding hydrogens is 302 g/mol. The highest BCUT2D eigenvalue weighted by Gasteiger charge is 2.38. The van der Waals surface area contributed by atoms with E-state index in [-0.39, 0.29) is 0 Å². The molecule has 3 rings (SSSR count). The molecule has 22 heavy (non-hydrogen) atoms. The third-order valence-electron chi connectivity index (χ3n) is 3.55. The largest absolute Gasteiger partial charge is 0.477 e. The summed E-state index contributed by atoms with van der Waals surface area (Å²) < 4.78 is 5.77. The highest BCUT2D eigenvalue weighted by Crippen LogP contribution is 2.31. The van der Waals surface area contributed by atoms with Crippen LogP contribution < -0.4 is 4.74 Å². The van der Waals surface area contributed by atoms with Crippen molar-refractivity contribution < 1.29 is 20.1 Å². The first-order chi connectivity index (χ1) is 10.6. The van der Waals surface area contributed by atoms with Crippen molar-refractivity contribution in [2.75, 3.05) is 5.75 Å². The molecule has 4 atom stereocenters. The Morgan fingerprint density at radius 1 is 1.00 bits per heavy atom. The SMILES string of the molecule is O[C@@H]1[C@@H](O)[C@@H](Oc2cccc(-c3ccncc3)c2)SC[C@H]1O. The van der Waals surface area contributed by atoms with E-state index in [4.69, 9.17) is 4.74 Å². The average molecular weight is 319 g/mol. The van der Waals surface area contributed by atoms with Gasteiger partial charge in [-0.2, -0.15) is 0 Å². The van der Waals surface area contributed by atoms with Crippen LogP contribution in [0.3, 0.4) is 0 Å². The molecule has 2 aromatic rings. The lowest BCUT2D eigenvalue weighted by molar-refractivity contribution is -0.0786. The zero-order valence-electron chi connectivity index (χ0n) is 11.7. The molecule has 0 amide bonds. The summed E-state index contributed by atoms with van der Waals surface area (Å²) in [6, 6.07) is 11.3. The van der Waals surface area contributed by atoms with Gasteiger partial charge in [-0.05, 0) is 35.4 Å². The van der Waals surface area contributed by atoms with Gasteiger partial charge >= 0.3 is 0 Å². The Morgan fingerprint density at radius 2 is 1.77 bits per heavy atom. The zero-order valence-corrected chi connectivity index (χ0v) is 12.6. The number of hydrogen-bond acceptors (Lipinski definition) is 6. The van der Waals surface area contributed by atoms with Crippen LogP contribution in [0.4, 0.5) is 0 Å². The highest BCUT2D eigenvalue weighted by atomic mass is 32.2. The second-order valence-corrected chi connectivity index (χ2v) is 6.26. The maximum atomic E-state index is 9.99. The maximum Gasteiger partial charge on any atom is 0.173 e. The summed E-state index contributed by atoms with van der Waals surface area (Å²) in [6.45, 7) is 0. The molecular formula is C16H17NO4S. The zero-order chi connectivity index (χ0) is 15.5. The van der Waals surface area contributed by atoms with E-state index in [0.717, 1.165) is 11.1 Å². The number of hydrogen-bond donors (Lipinski definition) is 3. The summed E-state index contributed by atoms with van der Waals surface area (Å²) in [4.78, 5) is 3.99. The molecule has 1 fully saturated rings. The summed E-state index contributed by atoms with van der Waals surface area (Å²) in [5.41, 5.74) is 1.40. The first-order valence-electron chi connectivity index (χ1n) is 6.98. The Bertz CT molecular complexity index is 625. The Labute approximate surface area is 132 Å². The lowest BCUT2D eigenvalue weighted by Crippen LogP contribution is -2.50. The predicted molar refractivity (Wildman–Crippen MR) is 84.6 cm³/mol. The molecule has 0 spiro atoms. The third kappa shape index (κ3) is 3.25. The molecule has 1 aromatic heterocycles. The second kappa shape index (κ2) is 6.66. The minimum Gasteiger partial charge on any atom is -0.477 e. The van der Waals surface area contributed by atoms with Crippen LogP contribution in [0.1, 0.15) is 0 Å². The van der Waals surface area contributed by atoms with Gasteiger partial charge < -0.3 is 20.1 Å². The summed E-state index contributed by atoms with van der Waals surface area (Å²) in [6.07, 6.45) is 0.207. The van der Waals surface area contributed by atoms with E-state index in [1.807, 2.05) is 30.3 Å². The lowest BCUT2D eigenvalue weighted by atomic mass is 10.1. The van der Waals surface area contributed by atoms with Crippen molar-refractivity contribution in [1.29, 1.82) is 0 Å². The van der Waals surface area contributed by atoms with Crippen LogP contribution in [0, 0.1) is 0 Å². The maximum absolute atomic E-state index is 9.99. The van der Waals surface area contributed by atoms with Gasteiger partial charge in [0.25, 0.3) is 0 Å². The van der Waals surface area contributed by atoms with Crippen LogP contribution in [0.5, 0.6) is 5.75 Å². The van der Waals surface area contributed by atoms with Crippen LogP contribution in [-0.4, -0.2) is 49.8 Å². The molecule has 0 aliphatic carbocycles. The Kier molecular flexibility index (Phi) is 4.63. The number of benzene rings is 1. The van der Waals surface area contributed by atoms with Crippen molar-refractivity contribution in [2.24, 2.45) is 0 Å². The van der Waals surface area contributed by atoms with E-state index in [1.54, 1.807) is 18.5 Å². The van der Waals surface area contributed by atoms with E-state index >= 15 is 0 Å². The Morgan fingerprint density at radius 3 is 2.55 bits per heavy atom. The van der Waals surface area contributed by atoms with Gasteiger partial charge in [-0.15, -0.1) is 11.8 Å². The second-order valence-electron chi connectivity index (χ2n) is 5.13. The van der Waals surface area contributed by atoms with Gasteiger partial charge in [0.05, 0.1) is 6.10 Å². The van der Waals surface area contributed by atoms with E-state index < -0.39 is 23.7 Å². The molecule has 2 heterocycles. The van der Waals surface area contributed by atoms with Gasteiger partial charge in [0.1, 0.15) is 18.0 Å². The van der Waals surface area contributed by atoms with Crippen molar-refractivity contribution in [3.05, 3.63) is 48.8 Å². The van der Waals surface area contributed by atoms with Crippen LogP contribution in [-0.2, 0) is 0 Å². The minimum atomic E-state index is -1.19. The number of aromatic nitrogens is 1. The van der Waals surface area contributed by atoms with Crippen LogP contribution in [0.2, 0.25) is 0 Å². The van der Waals surface area contributed by atoms with Gasteiger partial charge in [-0.1, -0.05) is 12.1 Å². The van der Waals surface area contributed by atoms with Crippen LogP contribution in [0.25, 0.3) is 11.1 Å². The van der Waals surface area contributed by atoms with Crippen molar-refractivity contribution >= 4 is 11.8 Å². The first-order valence-corrected chi connectivity index (χ1v) is 8.03. The topological polar surface area (TPSA) is 82.8 Å². The molecule has 0 unspecified atom stereocenters. The number of aliphatic hydroxyl groups is 3. The summed E-state index contributed by atoms with van der Waals surface area (Å²) in [5.74, 6) is 0.932. The number of rotatable bonds is 3. The molecule has 1 aliphatic rings. The average Bonchev–Trinajstić information content (AvgIpc) is 2.57. The highest BCUT2D eigenvalue weighted by molar-refractivity contribution is 7.99. The van der Waals surface area contributed by atoms with Crippen molar-refractivity contribution in [3.63, 3.8) is 0 Å². The van der Waals surface area contributed by atoms with Crippen LogP contribution in [0.15, 0.2) is 48.8 Å². The molecule has 0 bridgehead atoms. The molecule has 6 heteroatoms. The first kappa shape index (κ1) is 15.3. The van der Waals surface area contributed by atoms with Gasteiger partial charge in [0.2, 0.25) is 0 Å². The molecule has 116 valence electrons. The fraction of sp³-hybridized carbons (Fsp3) is 0.312. The van der Waals surface area contributed by atoms with Crippen molar-refractivity contribution in [2.45, 2.75) is 23.7 Å². The fourth-order valence-corrected chi connectivity index (χ4v) is 3.43. The quantitative estimate of drug-likeness (QED) is 0.791. The molecule has 1 aromatic carbocycles. The number of pyridine rings is 1. The lowest BCUT2D eigenvalue weighted by Gasteiger charge is -2.34.